The smallest absolute Gasteiger partial charge is 0.228 e. The number of carbonyl (C=O) groups excluding carboxylic acids is 1. The van der Waals surface area contributed by atoms with Gasteiger partial charge in [-0.1, -0.05) is 12.1 Å². The number of amides is 1. The van der Waals surface area contributed by atoms with Crippen molar-refractivity contribution in [2.24, 2.45) is 0 Å². The molecule has 1 amide bonds. The third-order valence-corrected chi connectivity index (χ3v) is 4.37. The number of nitrogens with zero attached hydrogens (tertiary/aromatic N) is 2. The Bertz CT molecular complexity index is 1140. The molecule has 0 saturated carbocycles. The highest BCUT2D eigenvalue weighted by molar-refractivity contribution is 5.93. The van der Waals surface area contributed by atoms with Gasteiger partial charge in [-0.3, -0.25) is 4.79 Å². The van der Waals surface area contributed by atoms with Gasteiger partial charge >= 0.3 is 0 Å². The highest BCUT2D eigenvalue weighted by Crippen LogP contribution is 2.28. The molecule has 0 aliphatic heterocycles. The highest BCUT2D eigenvalue weighted by Gasteiger charge is 2.12. The molecule has 1 N–H and O–H groups in total. The number of hydrogen-bond acceptors (Lipinski definition) is 6. The molecule has 29 heavy (non-hydrogen) atoms. The first-order chi connectivity index (χ1) is 14.2. The maximum absolute atomic E-state index is 12.5. The van der Waals surface area contributed by atoms with E-state index in [1.165, 1.54) is 0 Å². The van der Waals surface area contributed by atoms with Gasteiger partial charge in [0.2, 0.25) is 11.8 Å². The van der Waals surface area contributed by atoms with Gasteiger partial charge in [-0.05, 0) is 48.0 Å². The van der Waals surface area contributed by atoms with Gasteiger partial charge in [0, 0.05) is 17.4 Å². The van der Waals surface area contributed by atoms with Crippen LogP contribution in [0.2, 0.25) is 0 Å². The number of methoxy groups -OCH3 is 2. The second-order valence-electron chi connectivity index (χ2n) is 6.34. The van der Waals surface area contributed by atoms with Gasteiger partial charge in [0.1, 0.15) is 0 Å². The fourth-order valence-electron chi connectivity index (χ4n) is 3.00. The first-order valence-corrected chi connectivity index (χ1v) is 8.99. The molecule has 0 unspecified atom stereocenters. The number of oxazole rings is 1. The zero-order valence-electron chi connectivity index (χ0n) is 16.0. The lowest BCUT2D eigenvalue weighted by Gasteiger charge is -2.10. The summed E-state index contributed by atoms with van der Waals surface area (Å²) in [5, 5.41) is 2.90. The minimum atomic E-state index is -0.145. The van der Waals surface area contributed by atoms with Crippen LogP contribution in [0.4, 0.5) is 5.69 Å². The first kappa shape index (κ1) is 18.5. The summed E-state index contributed by atoms with van der Waals surface area (Å²) in [6.45, 7) is 0. The van der Waals surface area contributed by atoms with Crippen molar-refractivity contribution >= 4 is 22.8 Å². The lowest BCUT2D eigenvalue weighted by molar-refractivity contribution is -0.115. The van der Waals surface area contributed by atoms with E-state index in [0.717, 1.165) is 11.1 Å². The predicted octanol–water partition coefficient (Wildman–Crippen LogP) is 4.09. The summed E-state index contributed by atoms with van der Waals surface area (Å²) in [6.07, 6.45) is 1.87. The van der Waals surface area contributed by atoms with Gasteiger partial charge in [0.25, 0.3) is 0 Å². The van der Waals surface area contributed by atoms with Crippen molar-refractivity contribution < 1.29 is 18.7 Å². The van der Waals surface area contributed by atoms with E-state index in [-0.39, 0.29) is 12.3 Å². The first-order valence-electron chi connectivity index (χ1n) is 8.99. The minimum absolute atomic E-state index is 0.145. The van der Waals surface area contributed by atoms with Crippen molar-refractivity contribution in [3.05, 3.63) is 66.4 Å². The molecule has 0 atom stereocenters. The number of nitrogens with one attached hydrogen (secondary N) is 1. The van der Waals surface area contributed by atoms with Crippen LogP contribution in [0.25, 0.3) is 22.7 Å². The zero-order valence-corrected chi connectivity index (χ0v) is 16.0. The molecule has 0 fully saturated rings. The van der Waals surface area contributed by atoms with Crippen molar-refractivity contribution in [1.29, 1.82) is 0 Å². The molecule has 2 heterocycles. The maximum atomic E-state index is 12.5. The van der Waals surface area contributed by atoms with Crippen molar-refractivity contribution in [1.82, 2.24) is 9.97 Å². The van der Waals surface area contributed by atoms with Crippen molar-refractivity contribution in [2.75, 3.05) is 19.5 Å². The number of ether oxygens (including phenoxy) is 2. The standard InChI is InChI=1S/C22H19N3O4/c1-27-17-9-8-14(11-19(17)28-2)12-20(26)24-16-6-3-5-15(13-16)22-25-21-18(29-22)7-4-10-23-21/h3-11,13H,12H2,1-2H3,(H,24,26). The molecule has 146 valence electrons. The number of carbonyl (C=O) groups is 1. The van der Waals surface area contributed by atoms with Gasteiger partial charge in [-0.2, -0.15) is 4.98 Å². The van der Waals surface area contributed by atoms with Crippen LogP contribution in [0.1, 0.15) is 5.56 Å². The van der Waals surface area contributed by atoms with Crippen LogP contribution >= 0.6 is 0 Å². The average Bonchev–Trinajstić information content (AvgIpc) is 3.18. The SMILES string of the molecule is COc1ccc(CC(=O)Nc2cccc(-c3nc4ncccc4o3)c2)cc1OC. The summed E-state index contributed by atoms with van der Waals surface area (Å²) in [7, 11) is 3.14. The van der Waals surface area contributed by atoms with E-state index in [4.69, 9.17) is 13.9 Å². The molecule has 7 nitrogen and oxygen atoms in total. The molecule has 0 spiro atoms. The lowest BCUT2D eigenvalue weighted by Crippen LogP contribution is -2.14. The van der Waals surface area contributed by atoms with Gasteiger partial charge in [0.15, 0.2) is 22.7 Å². The Balaban J connectivity index is 1.49. The van der Waals surface area contributed by atoms with E-state index in [2.05, 4.69) is 15.3 Å². The number of benzene rings is 2. The Labute approximate surface area is 167 Å². The molecular weight excluding hydrogens is 370 g/mol. The molecule has 0 saturated heterocycles. The predicted molar refractivity (Wildman–Crippen MR) is 109 cm³/mol. The van der Waals surface area contributed by atoms with Gasteiger partial charge < -0.3 is 19.2 Å². The third-order valence-electron chi connectivity index (χ3n) is 4.37. The van der Waals surface area contributed by atoms with Crippen molar-refractivity contribution in [2.45, 2.75) is 6.42 Å². The van der Waals surface area contributed by atoms with E-state index in [0.29, 0.717) is 34.3 Å². The number of aromatic nitrogens is 2. The number of rotatable bonds is 6. The van der Waals surface area contributed by atoms with Crippen LogP contribution < -0.4 is 14.8 Å². The van der Waals surface area contributed by atoms with Gasteiger partial charge in [-0.15, -0.1) is 0 Å². The fraction of sp³-hybridized carbons (Fsp3) is 0.136. The largest absolute Gasteiger partial charge is 0.493 e. The second kappa shape index (κ2) is 8.02. The summed E-state index contributed by atoms with van der Waals surface area (Å²) in [5.41, 5.74) is 3.40. The molecule has 2 aromatic carbocycles. The topological polar surface area (TPSA) is 86.5 Å². The molecule has 4 rings (SSSR count). The van der Waals surface area contributed by atoms with Crippen LogP contribution in [0.5, 0.6) is 11.5 Å². The molecule has 0 bridgehead atoms. The summed E-state index contributed by atoms with van der Waals surface area (Å²) in [5.74, 6) is 1.52. The Morgan fingerprint density at radius 2 is 1.90 bits per heavy atom. The van der Waals surface area contributed by atoms with Crippen molar-refractivity contribution in [3.8, 4) is 23.0 Å². The number of fused-ring (bicyclic) bond motifs is 1. The van der Waals surface area contributed by atoms with Crippen LogP contribution in [0.15, 0.2) is 65.2 Å². The molecular formula is C22H19N3O4. The highest BCUT2D eigenvalue weighted by atomic mass is 16.5. The lowest BCUT2D eigenvalue weighted by atomic mass is 10.1. The summed E-state index contributed by atoms with van der Waals surface area (Å²) >= 11 is 0. The average molecular weight is 389 g/mol. The fourth-order valence-corrected chi connectivity index (χ4v) is 3.00. The summed E-state index contributed by atoms with van der Waals surface area (Å²) < 4.78 is 16.3. The normalized spacial score (nSPS) is 10.7. The Kier molecular flexibility index (Phi) is 5.11. The van der Waals surface area contributed by atoms with Crippen LogP contribution in [0.3, 0.4) is 0 Å². The Hall–Kier alpha value is -3.87. The molecule has 2 aromatic heterocycles. The molecule has 4 aromatic rings. The van der Waals surface area contributed by atoms with E-state index >= 15 is 0 Å². The summed E-state index contributed by atoms with van der Waals surface area (Å²) in [4.78, 5) is 21.1. The molecule has 7 heteroatoms. The van der Waals surface area contributed by atoms with Gasteiger partial charge in [0.05, 0.1) is 20.6 Å². The zero-order chi connectivity index (χ0) is 20.2. The van der Waals surface area contributed by atoms with Gasteiger partial charge in [-0.25, -0.2) is 4.98 Å². The third kappa shape index (κ3) is 4.03. The van der Waals surface area contributed by atoms with Crippen LogP contribution in [-0.4, -0.2) is 30.1 Å². The van der Waals surface area contributed by atoms with E-state index in [1.807, 2.05) is 36.4 Å². The van der Waals surface area contributed by atoms with E-state index in [9.17, 15) is 4.79 Å². The number of pyridine rings is 1. The summed E-state index contributed by atoms with van der Waals surface area (Å²) in [6, 6.07) is 16.4. The van der Waals surface area contributed by atoms with Crippen LogP contribution in [-0.2, 0) is 11.2 Å². The quantitative estimate of drug-likeness (QED) is 0.535. The molecule has 0 aliphatic rings. The van der Waals surface area contributed by atoms with Crippen molar-refractivity contribution in [3.63, 3.8) is 0 Å². The number of anilines is 1. The Morgan fingerprint density at radius 1 is 1.03 bits per heavy atom. The van der Waals surface area contributed by atoms with E-state index in [1.54, 1.807) is 38.6 Å². The molecule has 0 radical (unpaired) electrons. The van der Waals surface area contributed by atoms with E-state index < -0.39 is 0 Å². The number of hydrogen-bond donors (Lipinski definition) is 1. The van der Waals surface area contributed by atoms with Crippen LogP contribution in [0, 0.1) is 0 Å². The monoisotopic (exact) mass is 389 g/mol. The maximum Gasteiger partial charge on any atom is 0.228 e. The second-order valence-corrected chi connectivity index (χ2v) is 6.34. The Morgan fingerprint density at radius 3 is 2.69 bits per heavy atom. The minimum Gasteiger partial charge on any atom is -0.493 e. The molecule has 0 aliphatic carbocycles.